The van der Waals surface area contributed by atoms with Crippen LogP contribution in [0, 0.1) is 0 Å². The van der Waals surface area contributed by atoms with Crippen LogP contribution in [0.2, 0.25) is 5.15 Å². The Labute approximate surface area is 133 Å². The van der Waals surface area contributed by atoms with Crippen molar-refractivity contribution in [1.29, 1.82) is 0 Å². The Morgan fingerprint density at radius 1 is 1.09 bits per heavy atom. The summed E-state index contributed by atoms with van der Waals surface area (Å²) in [6, 6.07) is 1.75. The minimum Gasteiger partial charge on any atom is -0.465 e. The van der Waals surface area contributed by atoms with E-state index in [4.69, 9.17) is 21.4 Å². The number of carboxylic acid groups (broad SMARTS) is 1. The molecule has 0 radical (unpaired) electrons. The predicted octanol–water partition coefficient (Wildman–Crippen LogP) is 0.767. The molecule has 0 aliphatic carbocycles. The molecule has 2 saturated heterocycles. The maximum atomic E-state index is 10.9. The van der Waals surface area contributed by atoms with Gasteiger partial charge in [-0.2, -0.15) is 4.98 Å². The van der Waals surface area contributed by atoms with Crippen LogP contribution >= 0.6 is 11.6 Å². The SMILES string of the molecule is O=C(O)N1CCN(c2nc(Cl)cc(N3CCOCC3)n2)CC1. The Bertz CT molecular complexity index is 544. The first kappa shape index (κ1) is 15.1. The van der Waals surface area contributed by atoms with Crippen LogP contribution in [0.5, 0.6) is 0 Å². The standard InChI is InChI=1S/C13H18ClN5O3/c14-10-9-11(17-5-7-22-8-6-17)16-12(15-10)18-1-3-19(4-2-18)13(20)21/h9H,1-8H2,(H,20,21). The number of morpholine rings is 1. The molecule has 3 heterocycles. The smallest absolute Gasteiger partial charge is 0.407 e. The predicted molar refractivity (Wildman–Crippen MR) is 81.9 cm³/mol. The van der Waals surface area contributed by atoms with Gasteiger partial charge < -0.3 is 24.5 Å². The third-order valence-corrected chi connectivity index (χ3v) is 4.03. The van der Waals surface area contributed by atoms with E-state index < -0.39 is 6.09 Å². The fraction of sp³-hybridized carbons (Fsp3) is 0.615. The van der Waals surface area contributed by atoms with Crippen molar-refractivity contribution in [1.82, 2.24) is 14.9 Å². The van der Waals surface area contributed by atoms with E-state index in [2.05, 4.69) is 14.9 Å². The Kier molecular flexibility index (Phi) is 4.49. The second-order valence-corrected chi connectivity index (χ2v) is 5.59. The molecule has 0 spiro atoms. The second-order valence-electron chi connectivity index (χ2n) is 5.20. The first-order valence-electron chi connectivity index (χ1n) is 7.23. The Balaban J connectivity index is 1.74. The van der Waals surface area contributed by atoms with Gasteiger partial charge in [0.05, 0.1) is 13.2 Å². The van der Waals surface area contributed by atoms with Crippen LogP contribution in [-0.2, 0) is 4.74 Å². The molecule has 120 valence electrons. The highest BCUT2D eigenvalue weighted by atomic mass is 35.5. The Hall–Kier alpha value is -1.80. The van der Waals surface area contributed by atoms with Crippen LogP contribution in [0.15, 0.2) is 6.07 Å². The van der Waals surface area contributed by atoms with Gasteiger partial charge in [-0.15, -0.1) is 0 Å². The van der Waals surface area contributed by atoms with Crippen molar-refractivity contribution in [3.63, 3.8) is 0 Å². The van der Waals surface area contributed by atoms with E-state index in [9.17, 15) is 4.79 Å². The monoisotopic (exact) mass is 327 g/mol. The number of rotatable bonds is 2. The van der Waals surface area contributed by atoms with Crippen molar-refractivity contribution in [3.05, 3.63) is 11.2 Å². The molecule has 1 aromatic rings. The number of amides is 1. The number of piperazine rings is 1. The zero-order chi connectivity index (χ0) is 15.5. The molecular weight excluding hydrogens is 310 g/mol. The summed E-state index contributed by atoms with van der Waals surface area (Å²) >= 11 is 6.13. The molecule has 22 heavy (non-hydrogen) atoms. The van der Waals surface area contributed by atoms with Gasteiger partial charge in [-0.3, -0.25) is 0 Å². The number of carbonyl (C=O) groups is 1. The first-order valence-corrected chi connectivity index (χ1v) is 7.61. The summed E-state index contributed by atoms with van der Waals surface area (Å²) < 4.78 is 5.34. The molecule has 0 unspecified atom stereocenters. The molecule has 9 heteroatoms. The van der Waals surface area contributed by atoms with Gasteiger partial charge in [-0.25, -0.2) is 9.78 Å². The lowest BCUT2D eigenvalue weighted by Gasteiger charge is -2.34. The van der Waals surface area contributed by atoms with Crippen molar-refractivity contribution < 1.29 is 14.6 Å². The Morgan fingerprint density at radius 2 is 1.77 bits per heavy atom. The van der Waals surface area contributed by atoms with Crippen molar-refractivity contribution in [2.24, 2.45) is 0 Å². The van der Waals surface area contributed by atoms with E-state index in [0.717, 1.165) is 18.9 Å². The molecule has 2 aliphatic heterocycles. The summed E-state index contributed by atoms with van der Waals surface area (Å²) in [5, 5.41) is 9.39. The maximum absolute atomic E-state index is 10.9. The average Bonchev–Trinajstić information content (AvgIpc) is 2.55. The van der Waals surface area contributed by atoms with Gasteiger partial charge in [-0.05, 0) is 0 Å². The van der Waals surface area contributed by atoms with Gasteiger partial charge in [0.25, 0.3) is 0 Å². The van der Waals surface area contributed by atoms with Crippen LogP contribution in [0.25, 0.3) is 0 Å². The van der Waals surface area contributed by atoms with Crippen LogP contribution < -0.4 is 9.80 Å². The zero-order valence-corrected chi connectivity index (χ0v) is 12.9. The average molecular weight is 328 g/mol. The summed E-state index contributed by atoms with van der Waals surface area (Å²) in [6.45, 7) is 4.92. The normalized spacial score (nSPS) is 19.4. The number of ether oxygens (including phenoxy) is 1. The van der Waals surface area contributed by atoms with E-state index in [1.807, 2.05) is 4.90 Å². The quantitative estimate of drug-likeness (QED) is 0.803. The van der Waals surface area contributed by atoms with Gasteiger partial charge in [0, 0.05) is 45.3 Å². The maximum Gasteiger partial charge on any atom is 0.407 e. The summed E-state index contributed by atoms with van der Waals surface area (Å²) in [7, 11) is 0. The molecule has 8 nitrogen and oxygen atoms in total. The Morgan fingerprint density at radius 3 is 2.41 bits per heavy atom. The van der Waals surface area contributed by atoms with Gasteiger partial charge in [-0.1, -0.05) is 11.6 Å². The molecule has 1 aromatic heterocycles. The number of nitrogens with zero attached hydrogens (tertiary/aromatic N) is 5. The van der Waals surface area contributed by atoms with E-state index >= 15 is 0 Å². The summed E-state index contributed by atoms with van der Waals surface area (Å²) in [5.74, 6) is 1.35. The second kappa shape index (κ2) is 6.53. The molecule has 0 saturated carbocycles. The van der Waals surface area contributed by atoms with Crippen molar-refractivity contribution >= 4 is 29.5 Å². The lowest BCUT2D eigenvalue weighted by atomic mass is 10.3. The van der Waals surface area contributed by atoms with Gasteiger partial charge in [0.1, 0.15) is 11.0 Å². The van der Waals surface area contributed by atoms with Crippen molar-refractivity contribution in [2.75, 3.05) is 62.3 Å². The van der Waals surface area contributed by atoms with Crippen LogP contribution in [0.1, 0.15) is 0 Å². The number of anilines is 2. The van der Waals surface area contributed by atoms with E-state index in [1.54, 1.807) is 6.07 Å². The van der Waals surface area contributed by atoms with Crippen molar-refractivity contribution in [2.45, 2.75) is 0 Å². The topological polar surface area (TPSA) is 82.0 Å². The van der Waals surface area contributed by atoms with E-state index in [0.29, 0.717) is 50.5 Å². The number of hydrogen-bond donors (Lipinski definition) is 1. The number of hydrogen-bond acceptors (Lipinski definition) is 6. The summed E-state index contributed by atoms with van der Waals surface area (Å²) in [6.07, 6.45) is -0.888. The van der Waals surface area contributed by atoms with Gasteiger partial charge >= 0.3 is 6.09 Å². The molecule has 0 atom stereocenters. The largest absolute Gasteiger partial charge is 0.465 e. The molecular formula is C13H18ClN5O3. The van der Waals surface area contributed by atoms with Crippen LogP contribution in [0.4, 0.5) is 16.6 Å². The fourth-order valence-corrected chi connectivity index (χ4v) is 2.76. The zero-order valence-electron chi connectivity index (χ0n) is 12.1. The molecule has 0 bridgehead atoms. The molecule has 1 N–H and O–H groups in total. The minimum atomic E-state index is -0.888. The third kappa shape index (κ3) is 3.33. The fourth-order valence-electron chi connectivity index (χ4n) is 2.59. The van der Waals surface area contributed by atoms with E-state index in [1.165, 1.54) is 4.90 Å². The highest BCUT2D eigenvalue weighted by molar-refractivity contribution is 6.29. The minimum absolute atomic E-state index is 0.396. The highest BCUT2D eigenvalue weighted by Gasteiger charge is 2.23. The molecule has 2 aliphatic rings. The molecule has 3 rings (SSSR count). The van der Waals surface area contributed by atoms with E-state index in [-0.39, 0.29) is 0 Å². The van der Waals surface area contributed by atoms with Crippen molar-refractivity contribution in [3.8, 4) is 0 Å². The first-order chi connectivity index (χ1) is 10.6. The summed E-state index contributed by atoms with van der Waals surface area (Å²) in [4.78, 5) is 25.3. The highest BCUT2D eigenvalue weighted by Crippen LogP contribution is 2.22. The number of halogens is 1. The van der Waals surface area contributed by atoms with Crippen LogP contribution in [0.3, 0.4) is 0 Å². The third-order valence-electron chi connectivity index (χ3n) is 3.84. The van der Waals surface area contributed by atoms with Gasteiger partial charge in [0.2, 0.25) is 5.95 Å². The number of aromatic nitrogens is 2. The molecule has 0 aromatic carbocycles. The van der Waals surface area contributed by atoms with Crippen LogP contribution in [-0.4, -0.2) is 78.5 Å². The molecule has 2 fully saturated rings. The van der Waals surface area contributed by atoms with Gasteiger partial charge in [0.15, 0.2) is 0 Å². The lowest BCUT2D eigenvalue weighted by molar-refractivity contribution is 0.122. The summed E-state index contributed by atoms with van der Waals surface area (Å²) in [5.41, 5.74) is 0. The lowest BCUT2D eigenvalue weighted by Crippen LogP contribution is -2.49. The molecule has 1 amide bonds.